The fourth-order valence-electron chi connectivity index (χ4n) is 2.42. The molecule has 0 aliphatic carbocycles. The van der Waals surface area contributed by atoms with E-state index in [0.717, 1.165) is 25.8 Å². The maximum atomic E-state index is 5.45. The fourth-order valence-corrected chi connectivity index (χ4v) is 2.42. The maximum Gasteiger partial charge on any atom is 0.0619 e. The molecule has 0 unspecified atom stereocenters. The Bertz CT molecular complexity index is 157. The SMILES string of the molecule is C[C@@H]1COCCN1C1CCNCC1. The molecule has 0 radical (unpaired) electrons. The monoisotopic (exact) mass is 184 g/mol. The van der Waals surface area contributed by atoms with E-state index in [9.17, 15) is 0 Å². The topological polar surface area (TPSA) is 24.5 Å². The maximum absolute atomic E-state index is 5.45. The molecular formula is C10H20N2O. The van der Waals surface area contributed by atoms with Gasteiger partial charge in [0.05, 0.1) is 13.2 Å². The van der Waals surface area contributed by atoms with Gasteiger partial charge in [-0.2, -0.15) is 0 Å². The number of piperidine rings is 1. The van der Waals surface area contributed by atoms with E-state index in [1.165, 1.54) is 25.9 Å². The van der Waals surface area contributed by atoms with Gasteiger partial charge in [0.25, 0.3) is 0 Å². The Morgan fingerprint density at radius 2 is 2.08 bits per heavy atom. The molecule has 2 rings (SSSR count). The van der Waals surface area contributed by atoms with Crippen molar-refractivity contribution in [2.45, 2.75) is 31.8 Å². The summed E-state index contributed by atoms with van der Waals surface area (Å²) >= 11 is 0. The summed E-state index contributed by atoms with van der Waals surface area (Å²) in [5.74, 6) is 0. The van der Waals surface area contributed by atoms with E-state index >= 15 is 0 Å². The van der Waals surface area contributed by atoms with Crippen LogP contribution in [0.2, 0.25) is 0 Å². The number of hydrogen-bond acceptors (Lipinski definition) is 3. The largest absolute Gasteiger partial charge is 0.379 e. The lowest BCUT2D eigenvalue weighted by Gasteiger charge is -2.41. The first kappa shape index (κ1) is 9.44. The molecule has 0 spiro atoms. The first-order chi connectivity index (χ1) is 6.38. The van der Waals surface area contributed by atoms with Gasteiger partial charge in [0.15, 0.2) is 0 Å². The molecule has 76 valence electrons. The van der Waals surface area contributed by atoms with E-state index < -0.39 is 0 Å². The molecule has 0 amide bonds. The first-order valence-corrected chi connectivity index (χ1v) is 5.42. The molecule has 0 aromatic carbocycles. The summed E-state index contributed by atoms with van der Waals surface area (Å²) in [5, 5.41) is 3.41. The first-order valence-electron chi connectivity index (χ1n) is 5.42. The second kappa shape index (κ2) is 4.40. The predicted octanol–water partition coefficient (Wildman–Crippen LogP) is 0.459. The van der Waals surface area contributed by atoms with Crippen LogP contribution in [0.5, 0.6) is 0 Å². The molecule has 3 nitrogen and oxygen atoms in total. The third-order valence-electron chi connectivity index (χ3n) is 3.20. The number of nitrogens with one attached hydrogen (secondary N) is 1. The van der Waals surface area contributed by atoms with Crippen LogP contribution in [0, 0.1) is 0 Å². The predicted molar refractivity (Wildman–Crippen MR) is 52.9 cm³/mol. The Morgan fingerprint density at radius 1 is 1.31 bits per heavy atom. The van der Waals surface area contributed by atoms with Crippen LogP contribution in [0.3, 0.4) is 0 Å². The molecule has 0 bridgehead atoms. The van der Waals surface area contributed by atoms with Gasteiger partial charge < -0.3 is 10.1 Å². The molecule has 2 saturated heterocycles. The Morgan fingerprint density at radius 3 is 2.77 bits per heavy atom. The van der Waals surface area contributed by atoms with Gasteiger partial charge in [0.1, 0.15) is 0 Å². The number of nitrogens with zero attached hydrogens (tertiary/aromatic N) is 1. The average molecular weight is 184 g/mol. The third-order valence-corrected chi connectivity index (χ3v) is 3.20. The normalized spacial score (nSPS) is 33.5. The molecule has 3 heteroatoms. The molecule has 1 N–H and O–H groups in total. The molecule has 2 heterocycles. The van der Waals surface area contributed by atoms with E-state index in [1.54, 1.807) is 0 Å². The van der Waals surface area contributed by atoms with Gasteiger partial charge in [-0.05, 0) is 32.9 Å². The molecular weight excluding hydrogens is 164 g/mol. The van der Waals surface area contributed by atoms with Crippen LogP contribution in [0.1, 0.15) is 19.8 Å². The highest BCUT2D eigenvalue weighted by Gasteiger charge is 2.27. The molecule has 0 aromatic rings. The number of ether oxygens (including phenoxy) is 1. The zero-order chi connectivity index (χ0) is 9.10. The quantitative estimate of drug-likeness (QED) is 0.641. The van der Waals surface area contributed by atoms with Gasteiger partial charge in [-0.3, -0.25) is 4.90 Å². The lowest BCUT2D eigenvalue weighted by atomic mass is 10.0. The summed E-state index contributed by atoms with van der Waals surface area (Å²) in [6.07, 6.45) is 2.62. The van der Waals surface area contributed by atoms with Gasteiger partial charge in [0.2, 0.25) is 0 Å². The van der Waals surface area contributed by atoms with Crippen LogP contribution >= 0.6 is 0 Å². The van der Waals surface area contributed by atoms with Crippen molar-refractivity contribution in [3.8, 4) is 0 Å². The van der Waals surface area contributed by atoms with E-state index in [-0.39, 0.29) is 0 Å². The van der Waals surface area contributed by atoms with Crippen molar-refractivity contribution in [3.05, 3.63) is 0 Å². The minimum absolute atomic E-state index is 0.622. The second-order valence-electron chi connectivity index (χ2n) is 4.14. The summed E-state index contributed by atoms with van der Waals surface area (Å²) < 4.78 is 5.45. The highest BCUT2D eigenvalue weighted by molar-refractivity contribution is 4.82. The van der Waals surface area contributed by atoms with E-state index in [1.807, 2.05) is 0 Å². The number of morpholine rings is 1. The van der Waals surface area contributed by atoms with Gasteiger partial charge >= 0.3 is 0 Å². The Labute approximate surface area is 80.4 Å². The van der Waals surface area contributed by atoms with Crippen molar-refractivity contribution in [3.63, 3.8) is 0 Å². The highest BCUT2D eigenvalue weighted by atomic mass is 16.5. The van der Waals surface area contributed by atoms with Crippen molar-refractivity contribution >= 4 is 0 Å². The van der Waals surface area contributed by atoms with E-state index in [2.05, 4.69) is 17.1 Å². The van der Waals surface area contributed by atoms with Crippen molar-refractivity contribution < 1.29 is 4.74 Å². The highest BCUT2D eigenvalue weighted by Crippen LogP contribution is 2.17. The van der Waals surface area contributed by atoms with Crippen LogP contribution in [-0.2, 0) is 4.74 Å². The van der Waals surface area contributed by atoms with E-state index in [4.69, 9.17) is 4.74 Å². The summed E-state index contributed by atoms with van der Waals surface area (Å²) in [5.41, 5.74) is 0. The van der Waals surface area contributed by atoms with Gasteiger partial charge in [-0.15, -0.1) is 0 Å². The van der Waals surface area contributed by atoms with Crippen LogP contribution in [-0.4, -0.2) is 49.8 Å². The molecule has 0 aromatic heterocycles. The summed E-state index contributed by atoms with van der Waals surface area (Å²) in [6.45, 7) is 7.63. The van der Waals surface area contributed by atoms with Crippen molar-refractivity contribution in [2.24, 2.45) is 0 Å². The van der Waals surface area contributed by atoms with Crippen LogP contribution in [0.25, 0.3) is 0 Å². The van der Waals surface area contributed by atoms with Gasteiger partial charge in [-0.1, -0.05) is 0 Å². The fraction of sp³-hybridized carbons (Fsp3) is 1.00. The number of hydrogen-bond donors (Lipinski definition) is 1. The van der Waals surface area contributed by atoms with Crippen molar-refractivity contribution in [1.29, 1.82) is 0 Å². The average Bonchev–Trinajstić information content (AvgIpc) is 2.20. The molecule has 13 heavy (non-hydrogen) atoms. The van der Waals surface area contributed by atoms with Gasteiger partial charge in [-0.25, -0.2) is 0 Å². The molecule has 0 saturated carbocycles. The van der Waals surface area contributed by atoms with Gasteiger partial charge in [0, 0.05) is 18.6 Å². The lowest BCUT2D eigenvalue weighted by molar-refractivity contribution is -0.0277. The van der Waals surface area contributed by atoms with Crippen LogP contribution in [0.4, 0.5) is 0 Å². The zero-order valence-electron chi connectivity index (χ0n) is 8.46. The minimum Gasteiger partial charge on any atom is -0.379 e. The summed E-state index contributed by atoms with van der Waals surface area (Å²) in [4.78, 5) is 2.63. The molecule has 1 atom stereocenters. The molecule has 2 aliphatic rings. The molecule has 2 fully saturated rings. The van der Waals surface area contributed by atoms with Crippen LogP contribution < -0.4 is 5.32 Å². The lowest BCUT2D eigenvalue weighted by Crippen LogP contribution is -2.52. The smallest absolute Gasteiger partial charge is 0.0619 e. The summed E-state index contributed by atoms with van der Waals surface area (Å²) in [7, 11) is 0. The second-order valence-corrected chi connectivity index (χ2v) is 4.14. The Balaban J connectivity index is 1.88. The Kier molecular flexibility index (Phi) is 3.19. The van der Waals surface area contributed by atoms with Crippen LogP contribution in [0.15, 0.2) is 0 Å². The van der Waals surface area contributed by atoms with Crippen molar-refractivity contribution in [1.82, 2.24) is 10.2 Å². The molecule has 2 aliphatic heterocycles. The third kappa shape index (κ3) is 2.22. The Hall–Kier alpha value is -0.120. The minimum atomic E-state index is 0.622. The van der Waals surface area contributed by atoms with E-state index in [0.29, 0.717) is 6.04 Å². The number of rotatable bonds is 1. The summed E-state index contributed by atoms with van der Waals surface area (Å²) in [6, 6.07) is 1.43. The zero-order valence-corrected chi connectivity index (χ0v) is 8.46. The standard InChI is InChI=1S/C10H20N2O/c1-9-8-13-7-6-12(9)10-2-4-11-5-3-10/h9-11H,2-8H2,1H3/t9-/m1/s1. The van der Waals surface area contributed by atoms with Crippen molar-refractivity contribution in [2.75, 3.05) is 32.8 Å².